The Balaban J connectivity index is 2.09. The average molecular weight is 406 g/mol. The van der Waals surface area contributed by atoms with Crippen LogP contribution in [0.5, 0.6) is 5.88 Å². The Morgan fingerprint density at radius 2 is 2.08 bits per heavy atom. The zero-order valence-electron chi connectivity index (χ0n) is 12.9. The molecule has 0 atom stereocenters. The molecule has 0 aliphatic carbocycles. The molecule has 1 aromatic heterocycles. The Hall–Kier alpha value is -2.10. The summed E-state index contributed by atoms with van der Waals surface area (Å²) in [6, 6.07) is 5.50. The second-order valence-corrected chi connectivity index (χ2v) is 7.73. The molecule has 0 bridgehead atoms. The molecule has 11 heteroatoms. The number of nitro benzene ring substituents is 1. The lowest BCUT2D eigenvalue weighted by Gasteiger charge is -2.10. The molecule has 0 spiro atoms. The number of sulfone groups is 1. The fourth-order valence-electron chi connectivity index (χ4n) is 1.99. The summed E-state index contributed by atoms with van der Waals surface area (Å²) >= 11 is 11.6. The Labute approximate surface area is 153 Å². The summed E-state index contributed by atoms with van der Waals surface area (Å²) in [6.45, 7) is 0.253. The van der Waals surface area contributed by atoms with Gasteiger partial charge >= 0.3 is 5.69 Å². The molecule has 1 N–H and O–H groups in total. The Morgan fingerprint density at radius 3 is 2.68 bits per heavy atom. The third-order valence-electron chi connectivity index (χ3n) is 3.01. The first-order valence-corrected chi connectivity index (χ1v) is 9.50. The molecule has 0 amide bonds. The van der Waals surface area contributed by atoms with Crippen molar-refractivity contribution >= 4 is 44.4 Å². The smallest absolute Gasteiger partial charge is 0.310 e. The molecule has 0 fully saturated rings. The van der Waals surface area contributed by atoms with Gasteiger partial charge in [-0.3, -0.25) is 10.1 Å². The molecule has 8 nitrogen and oxygen atoms in total. The summed E-state index contributed by atoms with van der Waals surface area (Å²) in [5, 5.41) is 14.6. The van der Waals surface area contributed by atoms with Crippen LogP contribution in [0, 0.1) is 10.1 Å². The Kier molecular flexibility index (Phi) is 6.04. The summed E-state index contributed by atoms with van der Waals surface area (Å²) < 4.78 is 28.8. The van der Waals surface area contributed by atoms with Crippen LogP contribution in [-0.4, -0.2) is 37.7 Å². The fourth-order valence-corrected chi connectivity index (χ4v) is 3.29. The largest absolute Gasteiger partial charge is 0.475 e. The number of aromatic nitrogens is 1. The van der Waals surface area contributed by atoms with E-state index >= 15 is 0 Å². The minimum absolute atomic E-state index is 0.0756. The van der Waals surface area contributed by atoms with Crippen LogP contribution in [0.3, 0.4) is 0 Å². The number of pyridine rings is 1. The van der Waals surface area contributed by atoms with Crippen molar-refractivity contribution in [2.75, 3.05) is 24.7 Å². The van der Waals surface area contributed by atoms with E-state index < -0.39 is 20.4 Å². The van der Waals surface area contributed by atoms with Crippen LogP contribution < -0.4 is 10.1 Å². The maximum absolute atomic E-state index is 11.7. The van der Waals surface area contributed by atoms with Crippen LogP contribution in [0.4, 0.5) is 11.4 Å². The van der Waals surface area contributed by atoms with Crippen LogP contribution >= 0.6 is 23.2 Å². The van der Waals surface area contributed by atoms with Gasteiger partial charge in [0.05, 0.1) is 9.95 Å². The van der Waals surface area contributed by atoms with Gasteiger partial charge < -0.3 is 10.1 Å². The van der Waals surface area contributed by atoms with Gasteiger partial charge in [-0.25, -0.2) is 13.4 Å². The highest BCUT2D eigenvalue weighted by Gasteiger charge is 2.25. The van der Waals surface area contributed by atoms with Gasteiger partial charge in [0.25, 0.3) is 0 Å². The summed E-state index contributed by atoms with van der Waals surface area (Å²) in [4.78, 5) is 14.1. The van der Waals surface area contributed by atoms with Gasteiger partial charge in [0.15, 0.2) is 9.84 Å². The second-order valence-electron chi connectivity index (χ2n) is 4.90. The standard InChI is InChI=1S/C14H13Cl2N3O5S/c1-25(22,23)12-4-2-3-11(13(12)19(20)21)17-5-6-24-14-10(16)7-9(15)8-18-14/h2-4,7-8,17H,5-6H2,1H3. The van der Waals surface area contributed by atoms with E-state index in [-0.39, 0.29) is 34.6 Å². The van der Waals surface area contributed by atoms with Crippen LogP contribution in [-0.2, 0) is 9.84 Å². The lowest BCUT2D eigenvalue weighted by Crippen LogP contribution is -2.14. The molecule has 2 aromatic rings. The van der Waals surface area contributed by atoms with Gasteiger partial charge in [0, 0.05) is 19.0 Å². The number of halogens is 2. The number of anilines is 1. The SMILES string of the molecule is CS(=O)(=O)c1cccc(NCCOc2ncc(Cl)cc2Cl)c1[N+](=O)[O-]. The number of rotatable bonds is 7. The van der Waals surface area contributed by atoms with Gasteiger partial charge in [-0.1, -0.05) is 29.3 Å². The quantitative estimate of drug-likeness (QED) is 0.427. The van der Waals surface area contributed by atoms with E-state index in [1.165, 1.54) is 30.5 Å². The van der Waals surface area contributed by atoms with E-state index in [4.69, 9.17) is 27.9 Å². The third kappa shape index (κ3) is 4.94. The van der Waals surface area contributed by atoms with Crippen molar-refractivity contribution < 1.29 is 18.1 Å². The van der Waals surface area contributed by atoms with Gasteiger partial charge in [-0.2, -0.15) is 0 Å². The van der Waals surface area contributed by atoms with Crippen molar-refractivity contribution in [1.29, 1.82) is 0 Å². The summed E-state index contributed by atoms with van der Waals surface area (Å²) in [5.74, 6) is 0.173. The number of benzene rings is 1. The van der Waals surface area contributed by atoms with Crippen LogP contribution in [0.2, 0.25) is 10.0 Å². The molecule has 2 rings (SSSR count). The first kappa shape index (κ1) is 19.2. The molecule has 1 heterocycles. The lowest BCUT2D eigenvalue weighted by atomic mass is 10.2. The number of nitro groups is 1. The van der Waals surface area contributed by atoms with Crippen molar-refractivity contribution in [2.45, 2.75) is 4.90 Å². The number of hydrogen-bond donors (Lipinski definition) is 1. The number of nitrogens with zero attached hydrogens (tertiary/aromatic N) is 2. The van der Waals surface area contributed by atoms with Gasteiger partial charge in [0.1, 0.15) is 22.2 Å². The van der Waals surface area contributed by atoms with Crippen LogP contribution in [0.1, 0.15) is 0 Å². The molecular formula is C14H13Cl2N3O5S. The molecule has 0 radical (unpaired) electrons. The fraction of sp³-hybridized carbons (Fsp3) is 0.214. The van der Waals surface area contributed by atoms with Crippen LogP contribution in [0.25, 0.3) is 0 Å². The summed E-state index contributed by atoms with van der Waals surface area (Å²) in [5.41, 5.74) is -0.431. The molecule has 0 aliphatic heterocycles. The van der Waals surface area contributed by atoms with Crippen molar-refractivity contribution in [1.82, 2.24) is 4.98 Å². The third-order valence-corrected chi connectivity index (χ3v) is 4.62. The van der Waals surface area contributed by atoms with E-state index in [2.05, 4.69) is 10.3 Å². The maximum atomic E-state index is 11.7. The van der Waals surface area contributed by atoms with E-state index in [0.717, 1.165) is 6.26 Å². The number of para-hydroxylation sites is 1. The monoisotopic (exact) mass is 405 g/mol. The predicted molar refractivity (Wildman–Crippen MR) is 94.4 cm³/mol. The number of ether oxygens (including phenoxy) is 1. The van der Waals surface area contributed by atoms with Crippen LogP contribution in [0.15, 0.2) is 35.4 Å². The molecule has 134 valence electrons. The first-order valence-electron chi connectivity index (χ1n) is 6.85. The highest BCUT2D eigenvalue weighted by molar-refractivity contribution is 7.90. The second kappa shape index (κ2) is 7.85. The summed E-state index contributed by atoms with van der Waals surface area (Å²) in [7, 11) is -3.74. The van der Waals surface area contributed by atoms with Crippen molar-refractivity contribution in [3.05, 3.63) is 50.6 Å². The Morgan fingerprint density at radius 1 is 1.36 bits per heavy atom. The van der Waals surface area contributed by atoms with E-state index in [0.29, 0.717) is 5.02 Å². The number of hydrogen-bond acceptors (Lipinski definition) is 7. The average Bonchev–Trinajstić information content (AvgIpc) is 2.51. The van der Waals surface area contributed by atoms with E-state index in [1.54, 1.807) is 0 Å². The van der Waals surface area contributed by atoms with Gasteiger partial charge in [-0.15, -0.1) is 0 Å². The minimum Gasteiger partial charge on any atom is -0.475 e. The zero-order chi connectivity index (χ0) is 18.6. The van der Waals surface area contributed by atoms with Crippen molar-refractivity contribution in [2.24, 2.45) is 0 Å². The minimum atomic E-state index is -3.74. The topological polar surface area (TPSA) is 111 Å². The normalized spacial score (nSPS) is 11.2. The predicted octanol–water partition coefficient (Wildman–Crippen LogP) is 3.19. The van der Waals surface area contributed by atoms with Gasteiger partial charge in [0.2, 0.25) is 5.88 Å². The molecular weight excluding hydrogens is 393 g/mol. The molecule has 1 aromatic carbocycles. The molecule has 0 aliphatic rings. The molecule has 0 saturated carbocycles. The summed E-state index contributed by atoms with van der Waals surface area (Å²) in [6.07, 6.45) is 2.28. The van der Waals surface area contributed by atoms with E-state index in [9.17, 15) is 18.5 Å². The highest BCUT2D eigenvalue weighted by atomic mass is 35.5. The molecule has 0 saturated heterocycles. The van der Waals surface area contributed by atoms with Crippen molar-refractivity contribution in [3.8, 4) is 5.88 Å². The first-order chi connectivity index (χ1) is 11.7. The van der Waals surface area contributed by atoms with E-state index in [1.807, 2.05) is 0 Å². The van der Waals surface area contributed by atoms with Crippen molar-refractivity contribution in [3.63, 3.8) is 0 Å². The lowest BCUT2D eigenvalue weighted by molar-refractivity contribution is -0.386. The molecule has 0 unspecified atom stereocenters. The number of nitrogens with one attached hydrogen (secondary N) is 1. The zero-order valence-corrected chi connectivity index (χ0v) is 15.2. The Bertz CT molecular complexity index is 905. The maximum Gasteiger partial charge on any atom is 0.310 e. The molecule has 25 heavy (non-hydrogen) atoms. The highest BCUT2D eigenvalue weighted by Crippen LogP contribution is 2.31. The van der Waals surface area contributed by atoms with Gasteiger partial charge in [-0.05, 0) is 18.2 Å².